The van der Waals surface area contributed by atoms with Gasteiger partial charge in [-0.15, -0.1) is 0 Å². The van der Waals surface area contributed by atoms with Gasteiger partial charge >= 0.3 is 0 Å². The van der Waals surface area contributed by atoms with Crippen LogP contribution in [-0.2, 0) is 0 Å². The van der Waals surface area contributed by atoms with Crippen molar-refractivity contribution in [1.82, 2.24) is 0 Å². The number of benzene rings is 3. The van der Waals surface area contributed by atoms with E-state index in [1.807, 2.05) is 31.2 Å². The average Bonchev–Trinajstić information content (AvgIpc) is 2.60. The van der Waals surface area contributed by atoms with E-state index in [2.05, 4.69) is 61.5 Å². The maximum atomic E-state index is 12.2. The van der Waals surface area contributed by atoms with Gasteiger partial charge in [-0.1, -0.05) is 78.4 Å². The van der Waals surface area contributed by atoms with E-state index >= 15 is 0 Å². The van der Waals surface area contributed by atoms with E-state index in [0.29, 0.717) is 0 Å². The zero-order valence-corrected chi connectivity index (χ0v) is 14.9. The smallest absolute Gasteiger partial charge is 0.160 e. The minimum absolute atomic E-state index is 0.0978. The lowest BCUT2D eigenvalue weighted by Crippen LogP contribution is -2.00. The number of rotatable bonds is 4. The Labute approximate surface area is 149 Å². The van der Waals surface area contributed by atoms with E-state index in [1.54, 1.807) is 6.92 Å². The first-order chi connectivity index (χ1) is 12.0. The quantitative estimate of drug-likeness (QED) is 0.403. The first kappa shape index (κ1) is 16.9. The van der Waals surface area contributed by atoms with E-state index in [0.717, 1.165) is 33.4 Å². The second-order valence-electron chi connectivity index (χ2n) is 6.42. The van der Waals surface area contributed by atoms with Crippen molar-refractivity contribution in [2.24, 2.45) is 0 Å². The summed E-state index contributed by atoms with van der Waals surface area (Å²) in [5, 5.41) is 0. The molecule has 3 rings (SSSR count). The normalized spacial score (nSPS) is 11.0. The summed E-state index contributed by atoms with van der Waals surface area (Å²) < 4.78 is 0. The molecule has 0 atom stereocenters. The van der Waals surface area contributed by atoms with Crippen molar-refractivity contribution >= 4 is 17.9 Å². The number of hydrogen-bond acceptors (Lipinski definition) is 1. The van der Waals surface area contributed by atoms with Crippen LogP contribution in [0.4, 0.5) is 0 Å². The summed E-state index contributed by atoms with van der Waals surface area (Å²) in [5.74, 6) is 0.0978. The Morgan fingerprint density at radius 3 is 2.12 bits per heavy atom. The van der Waals surface area contributed by atoms with E-state index in [-0.39, 0.29) is 5.78 Å². The molecule has 0 fully saturated rings. The van der Waals surface area contributed by atoms with Crippen LogP contribution in [0.5, 0.6) is 0 Å². The Morgan fingerprint density at radius 1 is 0.800 bits per heavy atom. The fourth-order valence-corrected chi connectivity index (χ4v) is 3.09. The van der Waals surface area contributed by atoms with Gasteiger partial charge in [0.2, 0.25) is 0 Å². The second kappa shape index (κ2) is 7.31. The van der Waals surface area contributed by atoms with Gasteiger partial charge in [0, 0.05) is 5.56 Å². The standard InChI is InChI=1S/C24H22O/c1-17-9-12-21(13-10-17)23-15-18(2)24(19(3)25)22(16-23)14-11-20-7-5-4-6-8-20/h4-16H,1-3H3/b14-11+. The van der Waals surface area contributed by atoms with Crippen molar-refractivity contribution in [3.8, 4) is 11.1 Å². The van der Waals surface area contributed by atoms with Crippen LogP contribution in [0, 0.1) is 13.8 Å². The average molecular weight is 326 g/mol. The number of ketones is 1. The molecule has 124 valence electrons. The van der Waals surface area contributed by atoms with Crippen molar-refractivity contribution in [1.29, 1.82) is 0 Å². The topological polar surface area (TPSA) is 17.1 Å². The van der Waals surface area contributed by atoms with Gasteiger partial charge in [0.25, 0.3) is 0 Å². The molecule has 25 heavy (non-hydrogen) atoms. The van der Waals surface area contributed by atoms with Gasteiger partial charge in [0.1, 0.15) is 0 Å². The highest BCUT2D eigenvalue weighted by Gasteiger charge is 2.11. The molecular formula is C24H22O. The molecule has 0 aliphatic carbocycles. The van der Waals surface area contributed by atoms with Crippen LogP contribution in [0.25, 0.3) is 23.3 Å². The molecule has 3 aromatic rings. The molecular weight excluding hydrogens is 304 g/mol. The van der Waals surface area contributed by atoms with E-state index in [9.17, 15) is 4.79 Å². The minimum Gasteiger partial charge on any atom is -0.294 e. The Kier molecular flexibility index (Phi) is 4.95. The Balaban J connectivity index is 2.09. The maximum absolute atomic E-state index is 12.2. The van der Waals surface area contributed by atoms with Gasteiger partial charge in [-0.25, -0.2) is 0 Å². The first-order valence-corrected chi connectivity index (χ1v) is 8.50. The summed E-state index contributed by atoms with van der Waals surface area (Å²) in [6, 6.07) is 22.8. The fourth-order valence-electron chi connectivity index (χ4n) is 3.09. The van der Waals surface area contributed by atoms with E-state index in [1.165, 1.54) is 5.56 Å². The largest absolute Gasteiger partial charge is 0.294 e. The summed E-state index contributed by atoms with van der Waals surface area (Å²) in [5.41, 5.74) is 7.43. The monoisotopic (exact) mass is 326 g/mol. The van der Waals surface area contributed by atoms with Gasteiger partial charge in [-0.05, 0) is 54.7 Å². The number of Topliss-reactive ketones (excluding diaryl/α,β-unsaturated/α-hetero) is 1. The third-order valence-electron chi connectivity index (χ3n) is 4.36. The predicted octanol–water partition coefficient (Wildman–Crippen LogP) is 6.34. The molecule has 0 saturated carbocycles. The molecule has 0 aromatic heterocycles. The van der Waals surface area contributed by atoms with Crippen molar-refractivity contribution in [3.05, 3.63) is 94.5 Å². The molecule has 0 aliphatic heterocycles. The number of hydrogen-bond donors (Lipinski definition) is 0. The third-order valence-corrected chi connectivity index (χ3v) is 4.36. The summed E-state index contributed by atoms with van der Waals surface area (Å²) >= 11 is 0. The van der Waals surface area contributed by atoms with Gasteiger partial charge in [0.15, 0.2) is 5.78 Å². The Morgan fingerprint density at radius 2 is 1.48 bits per heavy atom. The Bertz CT molecular complexity index is 916. The molecule has 0 saturated heterocycles. The lowest BCUT2D eigenvalue weighted by molar-refractivity contribution is 0.101. The zero-order valence-electron chi connectivity index (χ0n) is 14.9. The highest BCUT2D eigenvalue weighted by atomic mass is 16.1. The van der Waals surface area contributed by atoms with Crippen LogP contribution < -0.4 is 0 Å². The van der Waals surface area contributed by atoms with E-state index < -0.39 is 0 Å². The maximum Gasteiger partial charge on any atom is 0.160 e. The summed E-state index contributed by atoms with van der Waals surface area (Å²) in [4.78, 5) is 12.2. The first-order valence-electron chi connectivity index (χ1n) is 8.50. The molecule has 0 bridgehead atoms. The number of carbonyl (C=O) groups excluding carboxylic acids is 1. The fraction of sp³-hybridized carbons (Fsp3) is 0.125. The Hall–Kier alpha value is -2.93. The van der Waals surface area contributed by atoms with Crippen LogP contribution in [0.2, 0.25) is 0 Å². The highest BCUT2D eigenvalue weighted by Crippen LogP contribution is 2.27. The van der Waals surface area contributed by atoms with Gasteiger partial charge in [0.05, 0.1) is 0 Å². The molecule has 1 nitrogen and oxygen atoms in total. The lowest BCUT2D eigenvalue weighted by Gasteiger charge is -2.11. The second-order valence-corrected chi connectivity index (χ2v) is 6.42. The van der Waals surface area contributed by atoms with Crippen molar-refractivity contribution < 1.29 is 4.79 Å². The molecule has 3 aromatic carbocycles. The lowest BCUT2D eigenvalue weighted by atomic mass is 9.92. The van der Waals surface area contributed by atoms with Crippen LogP contribution in [0.3, 0.4) is 0 Å². The highest BCUT2D eigenvalue weighted by molar-refractivity contribution is 6.00. The van der Waals surface area contributed by atoms with Crippen LogP contribution in [-0.4, -0.2) is 5.78 Å². The van der Waals surface area contributed by atoms with Crippen LogP contribution in [0.1, 0.15) is 39.5 Å². The minimum atomic E-state index is 0.0978. The van der Waals surface area contributed by atoms with Gasteiger partial charge in [-0.2, -0.15) is 0 Å². The molecule has 0 N–H and O–H groups in total. The third kappa shape index (κ3) is 3.95. The zero-order chi connectivity index (χ0) is 17.8. The molecule has 0 amide bonds. The molecule has 0 heterocycles. The van der Waals surface area contributed by atoms with E-state index in [4.69, 9.17) is 0 Å². The van der Waals surface area contributed by atoms with Crippen molar-refractivity contribution in [3.63, 3.8) is 0 Å². The van der Waals surface area contributed by atoms with Crippen molar-refractivity contribution in [2.45, 2.75) is 20.8 Å². The van der Waals surface area contributed by atoms with Crippen LogP contribution in [0.15, 0.2) is 66.7 Å². The SMILES string of the molecule is CC(=O)c1c(C)cc(-c2ccc(C)cc2)cc1/C=C/c1ccccc1. The predicted molar refractivity (Wildman–Crippen MR) is 107 cm³/mol. The summed E-state index contributed by atoms with van der Waals surface area (Å²) in [7, 11) is 0. The number of carbonyl (C=O) groups is 1. The molecule has 0 aliphatic rings. The molecule has 0 radical (unpaired) electrons. The van der Waals surface area contributed by atoms with Gasteiger partial charge in [-0.3, -0.25) is 4.79 Å². The van der Waals surface area contributed by atoms with Crippen LogP contribution >= 0.6 is 0 Å². The summed E-state index contributed by atoms with van der Waals surface area (Å²) in [6.07, 6.45) is 4.09. The van der Waals surface area contributed by atoms with Crippen molar-refractivity contribution in [2.75, 3.05) is 0 Å². The molecule has 0 spiro atoms. The number of aryl methyl sites for hydroxylation is 2. The molecule has 1 heteroatoms. The molecule has 0 unspecified atom stereocenters. The van der Waals surface area contributed by atoms with Gasteiger partial charge < -0.3 is 0 Å². The summed E-state index contributed by atoms with van der Waals surface area (Å²) in [6.45, 7) is 5.73.